The third-order valence-electron chi connectivity index (χ3n) is 6.13. The lowest BCUT2D eigenvalue weighted by Gasteiger charge is -2.14. The van der Waals surface area contributed by atoms with E-state index in [2.05, 4.69) is 89.6 Å². The Bertz CT molecular complexity index is 860. The molecule has 0 bridgehead atoms. The van der Waals surface area contributed by atoms with Crippen molar-refractivity contribution in [3.8, 4) is 0 Å². The molecule has 2 rings (SSSR count). The van der Waals surface area contributed by atoms with Gasteiger partial charge >= 0.3 is 0 Å². The molecule has 0 amide bonds. The Morgan fingerprint density at radius 3 is 2.45 bits per heavy atom. The number of Topliss-reactive ketones (excluding diaryl/α,β-unsaturated/α-hetero) is 1. The molecule has 0 spiro atoms. The molecular formula is C30H46NOP. The lowest BCUT2D eigenvalue weighted by molar-refractivity contribution is -0.111. The zero-order chi connectivity index (χ0) is 24.8. The minimum atomic E-state index is 0.0686. The fraction of sp³-hybridized carbons (Fsp3) is 0.533. The van der Waals surface area contributed by atoms with Gasteiger partial charge in [0.05, 0.1) is 5.71 Å². The molecule has 1 aromatic rings. The monoisotopic (exact) mass is 467 g/mol. The Kier molecular flexibility index (Phi) is 14.1. The summed E-state index contributed by atoms with van der Waals surface area (Å²) in [4.78, 5) is 16.4. The summed E-state index contributed by atoms with van der Waals surface area (Å²) >= 11 is 0. The van der Waals surface area contributed by atoms with Crippen LogP contribution >= 0.6 is 8.58 Å². The fourth-order valence-electron chi connectivity index (χ4n) is 4.17. The molecular weight excluding hydrogens is 421 g/mol. The van der Waals surface area contributed by atoms with Crippen LogP contribution in [0.5, 0.6) is 0 Å². The van der Waals surface area contributed by atoms with E-state index in [9.17, 15) is 4.79 Å². The first-order chi connectivity index (χ1) is 15.7. The quantitative estimate of drug-likeness (QED) is 0.146. The van der Waals surface area contributed by atoms with Gasteiger partial charge in [0.1, 0.15) is 0 Å². The second kappa shape index (κ2) is 15.9. The van der Waals surface area contributed by atoms with E-state index in [4.69, 9.17) is 4.99 Å². The molecule has 1 aliphatic carbocycles. The molecule has 1 aromatic carbocycles. The molecule has 3 heteroatoms. The summed E-state index contributed by atoms with van der Waals surface area (Å²) < 4.78 is 0. The topological polar surface area (TPSA) is 29.4 Å². The van der Waals surface area contributed by atoms with Gasteiger partial charge in [-0.15, -0.1) is 8.58 Å². The molecule has 1 aliphatic rings. The van der Waals surface area contributed by atoms with Crippen molar-refractivity contribution in [3.63, 3.8) is 0 Å². The van der Waals surface area contributed by atoms with Gasteiger partial charge in [-0.1, -0.05) is 82.9 Å². The molecule has 3 unspecified atom stereocenters. The maximum atomic E-state index is 11.7. The number of aliphatic imine (C=N–C) groups is 1. The number of aryl methyl sites for hydroxylation is 1. The van der Waals surface area contributed by atoms with Gasteiger partial charge in [-0.05, 0) is 74.2 Å². The van der Waals surface area contributed by atoms with Gasteiger partial charge in [0.2, 0.25) is 0 Å². The van der Waals surface area contributed by atoms with Crippen LogP contribution in [-0.4, -0.2) is 18.2 Å². The maximum Gasteiger partial charge on any atom is 0.173 e. The number of ketones is 1. The van der Waals surface area contributed by atoms with Crippen molar-refractivity contribution >= 4 is 20.1 Å². The van der Waals surface area contributed by atoms with E-state index in [-0.39, 0.29) is 5.78 Å². The summed E-state index contributed by atoms with van der Waals surface area (Å²) in [5, 5.41) is 0. The number of hydrogen-bond donors (Lipinski definition) is 0. The van der Waals surface area contributed by atoms with Gasteiger partial charge in [-0.3, -0.25) is 9.79 Å². The van der Waals surface area contributed by atoms with Crippen LogP contribution in [-0.2, 0) is 11.2 Å². The first-order valence-corrected chi connectivity index (χ1v) is 14.2. The van der Waals surface area contributed by atoms with Gasteiger partial charge in [-0.25, -0.2) is 0 Å². The number of fused-ring (bicyclic) bond motifs is 1. The Hall–Kier alpha value is -1.79. The van der Waals surface area contributed by atoms with Crippen molar-refractivity contribution in [2.24, 2.45) is 16.8 Å². The first kappa shape index (κ1) is 29.2. The minimum absolute atomic E-state index is 0.0686. The van der Waals surface area contributed by atoms with Crippen LogP contribution in [0.4, 0.5) is 0 Å². The van der Waals surface area contributed by atoms with Crippen molar-refractivity contribution in [3.05, 3.63) is 70.7 Å². The molecule has 0 aromatic heterocycles. The standard InChI is InChI=1S/C19H32NOP.C11H14/c1-8-18(17(6)21)20-19(16(5)12-13-22-7)15(4)11-9-10-14(2)3;1-2-9-7-8-10-5-3-4-6-11(9)10/h9-10,12-15,22H,8,11H2,1-7H3;3-6,9H,2,7-8H2,1H3/b10-9-,13-12-,19-16+,20-18?;. The highest BCUT2D eigenvalue weighted by molar-refractivity contribution is 7.40. The first-order valence-electron chi connectivity index (χ1n) is 12.6. The SMILES string of the molecule is CCC(=N/C(=C(C)/C=C\PC)C(C)C/C=C\C(C)C)C(C)=O.CCC1CCc2ccccc21. The van der Waals surface area contributed by atoms with Crippen LogP contribution < -0.4 is 0 Å². The van der Waals surface area contributed by atoms with Gasteiger partial charge < -0.3 is 0 Å². The fourth-order valence-corrected chi connectivity index (χ4v) is 4.59. The molecule has 3 atom stereocenters. The number of carbonyl (C=O) groups excluding carboxylic acids is 1. The second-order valence-electron chi connectivity index (χ2n) is 9.31. The molecule has 0 radical (unpaired) electrons. The molecule has 0 fully saturated rings. The van der Waals surface area contributed by atoms with E-state index in [1.807, 2.05) is 6.92 Å². The average molecular weight is 468 g/mol. The van der Waals surface area contributed by atoms with Crippen molar-refractivity contribution < 1.29 is 4.79 Å². The van der Waals surface area contributed by atoms with Gasteiger partial charge in [0, 0.05) is 18.5 Å². The van der Waals surface area contributed by atoms with E-state index < -0.39 is 0 Å². The second-order valence-corrected chi connectivity index (χ2v) is 10.2. The Morgan fingerprint density at radius 1 is 1.18 bits per heavy atom. The number of allylic oxidation sites excluding steroid dienone is 5. The molecule has 0 heterocycles. The molecule has 0 N–H and O–H groups in total. The van der Waals surface area contributed by atoms with Gasteiger partial charge in [0.25, 0.3) is 0 Å². The molecule has 33 heavy (non-hydrogen) atoms. The van der Waals surface area contributed by atoms with E-state index in [1.54, 1.807) is 18.1 Å². The Morgan fingerprint density at radius 2 is 1.88 bits per heavy atom. The van der Waals surface area contributed by atoms with E-state index in [0.29, 0.717) is 24.0 Å². The van der Waals surface area contributed by atoms with Crippen LogP contribution in [0.25, 0.3) is 0 Å². The normalized spacial score (nSPS) is 18.1. The smallest absolute Gasteiger partial charge is 0.173 e. The molecule has 0 aliphatic heterocycles. The van der Waals surface area contributed by atoms with Crippen molar-refractivity contribution in [2.75, 3.05) is 6.66 Å². The highest BCUT2D eigenvalue weighted by Crippen LogP contribution is 2.34. The number of rotatable bonds is 10. The zero-order valence-electron chi connectivity index (χ0n) is 22.2. The third kappa shape index (κ3) is 10.3. The lowest BCUT2D eigenvalue weighted by atomic mass is 9.98. The number of carbonyl (C=O) groups is 1. The summed E-state index contributed by atoms with van der Waals surface area (Å²) in [5.74, 6) is 3.96. The predicted octanol–water partition coefficient (Wildman–Crippen LogP) is 8.89. The van der Waals surface area contributed by atoms with Crippen LogP contribution in [0.15, 0.2) is 64.6 Å². The van der Waals surface area contributed by atoms with Crippen LogP contribution in [0.2, 0.25) is 0 Å². The third-order valence-corrected chi connectivity index (χ3v) is 6.63. The molecule has 0 saturated heterocycles. The van der Waals surface area contributed by atoms with Gasteiger partial charge in [0.15, 0.2) is 5.78 Å². The Balaban J connectivity index is 0.000000405. The predicted molar refractivity (Wildman–Crippen MR) is 150 cm³/mol. The summed E-state index contributed by atoms with van der Waals surface area (Å²) in [6.07, 6.45) is 12.2. The highest BCUT2D eigenvalue weighted by atomic mass is 31.1. The highest BCUT2D eigenvalue weighted by Gasteiger charge is 2.19. The largest absolute Gasteiger partial charge is 0.293 e. The molecule has 2 nitrogen and oxygen atoms in total. The van der Waals surface area contributed by atoms with Crippen LogP contribution in [0, 0.1) is 11.8 Å². The number of nitrogens with zero attached hydrogens (tertiary/aromatic N) is 1. The average Bonchev–Trinajstić information content (AvgIpc) is 3.21. The minimum Gasteiger partial charge on any atom is -0.293 e. The van der Waals surface area contributed by atoms with E-state index in [1.165, 1.54) is 19.3 Å². The summed E-state index contributed by atoms with van der Waals surface area (Å²) in [7, 11) is 0.782. The zero-order valence-corrected chi connectivity index (χ0v) is 23.2. The summed E-state index contributed by atoms with van der Waals surface area (Å²) in [6.45, 7) is 16.6. The molecule has 182 valence electrons. The van der Waals surface area contributed by atoms with Crippen molar-refractivity contribution in [2.45, 2.75) is 86.5 Å². The van der Waals surface area contributed by atoms with Crippen molar-refractivity contribution in [1.29, 1.82) is 0 Å². The van der Waals surface area contributed by atoms with Crippen molar-refractivity contribution in [1.82, 2.24) is 0 Å². The van der Waals surface area contributed by atoms with E-state index in [0.717, 1.165) is 32.2 Å². The van der Waals surface area contributed by atoms with Crippen LogP contribution in [0.3, 0.4) is 0 Å². The lowest BCUT2D eigenvalue weighted by Crippen LogP contribution is -2.11. The maximum absolute atomic E-state index is 11.7. The summed E-state index contributed by atoms with van der Waals surface area (Å²) in [6, 6.07) is 8.87. The van der Waals surface area contributed by atoms with Crippen LogP contribution in [0.1, 0.15) is 91.2 Å². The number of hydrogen-bond acceptors (Lipinski definition) is 2. The van der Waals surface area contributed by atoms with E-state index >= 15 is 0 Å². The Labute approximate surface area is 205 Å². The number of benzene rings is 1. The van der Waals surface area contributed by atoms with Gasteiger partial charge in [-0.2, -0.15) is 0 Å². The summed E-state index contributed by atoms with van der Waals surface area (Å²) in [5.41, 5.74) is 6.05. The molecule has 0 saturated carbocycles.